The largest absolute Gasteiger partial charge is 0.307 e. The first-order valence-corrected chi connectivity index (χ1v) is 16.2. The monoisotopic (exact) mass is 554 g/mol. The predicted molar refractivity (Wildman–Crippen MR) is 143 cm³/mol. The second-order valence-electron chi connectivity index (χ2n) is 11.6. The van der Waals surface area contributed by atoms with Crippen LogP contribution >= 0.6 is 0 Å². The molecule has 2 aromatic rings. The zero-order chi connectivity index (χ0) is 27.0. The van der Waals surface area contributed by atoms with E-state index in [1.54, 1.807) is 23.1 Å². The highest BCUT2D eigenvalue weighted by atomic mass is 32.2. The summed E-state index contributed by atoms with van der Waals surface area (Å²) < 4.78 is 54.7. The predicted octanol–water partition coefficient (Wildman–Crippen LogP) is 3.64. The van der Waals surface area contributed by atoms with Crippen LogP contribution in [0.1, 0.15) is 67.3 Å². The first-order valence-electron chi connectivity index (χ1n) is 12.9. The van der Waals surface area contributed by atoms with Crippen LogP contribution in [-0.4, -0.2) is 41.1 Å². The molecule has 0 unspecified atom stereocenters. The lowest BCUT2D eigenvalue weighted by Crippen LogP contribution is -2.40. The van der Waals surface area contributed by atoms with E-state index in [9.17, 15) is 26.9 Å². The summed E-state index contributed by atoms with van der Waals surface area (Å²) in [4.78, 5) is 15.5. The molecule has 1 aliphatic heterocycles. The molecule has 2 spiro atoms. The highest BCUT2D eigenvalue weighted by Gasteiger charge is 2.54. The summed E-state index contributed by atoms with van der Waals surface area (Å²) >= 11 is 0. The Morgan fingerprint density at radius 3 is 2.24 bits per heavy atom. The van der Waals surface area contributed by atoms with Gasteiger partial charge >= 0.3 is 0 Å². The van der Waals surface area contributed by atoms with Crippen LogP contribution < -0.4 is 14.3 Å². The Kier molecular flexibility index (Phi) is 5.52. The molecule has 0 atom stereocenters. The number of nitriles is 1. The van der Waals surface area contributed by atoms with E-state index in [1.807, 2.05) is 12.1 Å². The molecule has 9 nitrogen and oxygen atoms in total. The minimum absolute atomic E-state index is 0.0555. The summed E-state index contributed by atoms with van der Waals surface area (Å²) in [6, 6.07) is 13.2. The van der Waals surface area contributed by atoms with Crippen molar-refractivity contribution in [3.05, 3.63) is 53.6 Å². The summed E-state index contributed by atoms with van der Waals surface area (Å²) in [6.45, 7) is 0.465. The van der Waals surface area contributed by atoms with Crippen LogP contribution in [0.25, 0.3) is 0 Å². The number of carbonyl (C=O) groups is 1. The molecule has 11 heteroatoms. The van der Waals surface area contributed by atoms with Crippen molar-refractivity contribution in [1.82, 2.24) is 4.72 Å². The van der Waals surface area contributed by atoms with Gasteiger partial charge in [0, 0.05) is 28.9 Å². The Morgan fingerprint density at radius 1 is 0.947 bits per heavy atom. The molecule has 1 amide bonds. The standard InChI is InChI=1S/C27H30N4O5S2/c1-37(33,34)29-20-5-6-23-22(16-20)26(11-9-25(7-8-25)10-12-26)18-31(23)24(32)19-3-2-4-21(15-19)38(35,36)30-27(17-28)13-14-27/h2-6,15-16,29-30H,7-14,18H2,1H3. The second-order valence-corrected chi connectivity index (χ2v) is 15.0. The van der Waals surface area contributed by atoms with Gasteiger partial charge in [-0.2, -0.15) is 9.98 Å². The van der Waals surface area contributed by atoms with Crippen molar-refractivity contribution < 1.29 is 21.6 Å². The topological polar surface area (TPSA) is 136 Å². The molecular weight excluding hydrogens is 524 g/mol. The number of nitrogens with zero attached hydrogens (tertiary/aromatic N) is 2. The fraction of sp³-hybridized carbons (Fsp3) is 0.481. The number of sulfonamides is 2. The molecule has 0 radical (unpaired) electrons. The average molecular weight is 555 g/mol. The summed E-state index contributed by atoms with van der Waals surface area (Å²) in [5.74, 6) is -0.308. The number of hydrogen-bond acceptors (Lipinski definition) is 6. The third kappa shape index (κ3) is 4.48. The van der Waals surface area contributed by atoms with Crippen LogP contribution in [-0.2, 0) is 25.5 Å². The summed E-state index contributed by atoms with van der Waals surface area (Å²) in [5.41, 5.74) is 1.51. The summed E-state index contributed by atoms with van der Waals surface area (Å²) in [6.07, 6.45) is 8.53. The number of rotatable bonds is 6. The maximum absolute atomic E-state index is 13.9. The Labute approximate surface area is 223 Å². The van der Waals surface area contributed by atoms with E-state index in [4.69, 9.17) is 0 Å². The Balaban J connectivity index is 1.34. The lowest BCUT2D eigenvalue weighted by atomic mass is 9.66. The van der Waals surface area contributed by atoms with Gasteiger partial charge in [0.25, 0.3) is 5.91 Å². The quantitative estimate of drug-likeness (QED) is 0.559. The van der Waals surface area contributed by atoms with E-state index in [1.165, 1.54) is 31.0 Å². The minimum atomic E-state index is -3.97. The summed E-state index contributed by atoms with van der Waals surface area (Å²) in [5, 5.41) is 9.31. The van der Waals surface area contributed by atoms with Gasteiger partial charge in [-0.15, -0.1) is 0 Å². The zero-order valence-electron chi connectivity index (χ0n) is 21.2. The van der Waals surface area contributed by atoms with Crippen molar-refractivity contribution in [3.63, 3.8) is 0 Å². The molecule has 200 valence electrons. The van der Waals surface area contributed by atoms with Gasteiger partial charge < -0.3 is 4.90 Å². The maximum Gasteiger partial charge on any atom is 0.258 e. The average Bonchev–Trinajstić information content (AvgIpc) is 3.80. The minimum Gasteiger partial charge on any atom is -0.307 e. The lowest BCUT2D eigenvalue weighted by Gasteiger charge is -2.38. The Hall–Kier alpha value is -2.94. The van der Waals surface area contributed by atoms with Crippen LogP contribution in [0.4, 0.5) is 11.4 Å². The SMILES string of the molecule is CS(=O)(=O)Nc1ccc2c(c1)C1(CCC3(CC3)CC1)CN2C(=O)c1cccc(S(=O)(=O)NC2(C#N)CC2)c1. The van der Waals surface area contributed by atoms with Crippen LogP contribution in [0.3, 0.4) is 0 Å². The maximum atomic E-state index is 13.9. The number of fused-ring (bicyclic) bond motifs is 2. The molecule has 6 rings (SSSR count). The van der Waals surface area contributed by atoms with Crippen molar-refractivity contribution in [1.29, 1.82) is 5.26 Å². The van der Waals surface area contributed by atoms with E-state index < -0.39 is 25.6 Å². The number of benzene rings is 2. The van der Waals surface area contributed by atoms with E-state index in [0.717, 1.165) is 43.2 Å². The fourth-order valence-corrected chi connectivity index (χ4v) is 8.10. The van der Waals surface area contributed by atoms with Crippen molar-refractivity contribution in [2.45, 2.75) is 67.2 Å². The van der Waals surface area contributed by atoms with E-state index in [0.29, 0.717) is 30.5 Å². The number of amides is 1. The molecule has 3 saturated carbocycles. The third-order valence-electron chi connectivity index (χ3n) is 8.78. The normalized spacial score (nSPS) is 22.1. The molecular formula is C27H30N4O5S2. The molecule has 1 heterocycles. The highest BCUT2D eigenvalue weighted by Crippen LogP contribution is 2.62. The van der Waals surface area contributed by atoms with E-state index >= 15 is 0 Å². The smallest absolute Gasteiger partial charge is 0.258 e. The van der Waals surface area contributed by atoms with E-state index in [2.05, 4.69) is 9.44 Å². The van der Waals surface area contributed by atoms with Gasteiger partial charge in [-0.25, -0.2) is 16.8 Å². The van der Waals surface area contributed by atoms with Gasteiger partial charge in [-0.1, -0.05) is 6.07 Å². The van der Waals surface area contributed by atoms with Gasteiger partial charge in [0.2, 0.25) is 20.0 Å². The van der Waals surface area contributed by atoms with Crippen molar-refractivity contribution >= 4 is 37.3 Å². The molecule has 3 aliphatic carbocycles. The van der Waals surface area contributed by atoms with Crippen molar-refractivity contribution in [2.75, 3.05) is 22.4 Å². The molecule has 2 N–H and O–H groups in total. The Bertz CT molecular complexity index is 1590. The van der Waals surface area contributed by atoms with Gasteiger partial charge in [0.05, 0.1) is 17.2 Å². The van der Waals surface area contributed by atoms with Gasteiger partial charge in [-0.3, -0.25) is 9.52 Å². The molecule has 3 fully saturated rings. The number of hydrogen-bond donors (Lipinski definition) is 2. The molecule has 0 bridgehead atoms. The third-order valence-corrected chi connectivity index (χ3v) is 10.9. The van der Waals surface area contributed by atoms with Crippen molar-refractivity contribution in [2.24, 2.45) is 5.41 Å². The van der Waals surface area contributed by atoms with Crippen LogP contribution in [0.15, 0.2) is 47.4 Å². The molecule has 0 saturated heterocycles. The number of nitrogens with one attached hydrogen (secondary N) is 2. The van der Waals surface area contributed by atoms with Gasteiger partial charge in [0.15, 0.2) is 0 Å². The molecule has 2 aromatic carbocycles. The number of carbonyl (C=O) groups excluding carboxylic acids is 1. The number of anilines is 2. The molecule has 38 heavy (non-hydrogen) atoms. The Morgan fingerprint density at radius 2 is 1.63 bits per heavy atom. The van der Waals surface area contributed by atoms with Crippen LogP contribution in [0, 0.1) is 16.7 Å². The first kappa shape index (κ1) is 25.3. The zero-order valence-corrected chi connectivity index (χ0v) is 22.8. The van der Waals surface area contributed by atoms with Crippen LogP contribution in [0.2, 0.25) is 0 Å². The lowest BCUT2D eigenvalue weighted by molar-refractivity contribution is 0.0980. The van der Waals surface area contributed by atoms with E-state index in [-0.39, 0.29) is 21.8 Å². The fourth-order valence-electron chi connectivity index (χ4n) is 6.12. The molecule has 4 aliphatic rings. The van der Waals surface area contributed by atoms with Gasteiger partial charge in [0.1, 0.15) is 5.54 Å². The van der Waals surface area contributed by atoms with Gasteiger partial charge in [-0.05, 0) is 98.7 Å². The highest BCUT2D eigenvalue weighted by molar-refractivity contribution is 7.92. The van der Waals surface area contributed by atoms with Crippen molar-refractivity contribution in [3.8, 4) is 6.07 Å². The second kappa shape index (κ2) is 8.28. The first-order chi connectivity index (χ1) is 17.9. The molecule has 0 aromatic heterocycles. The summed E-state index contributed by atoms with van der Waals surface area (Å²) in [7, 11) is -7.43. The van der Waals surface area contributed by atoms with Crippen LogP contribution in [0.5, 0.6) is 0 Å².